The van der Waals surface area contributed by atoms with Crippen LogP contribution in [0.1, 0.15) is 48.9 Å². The number of hydrogen-bond donors (Lipinski definition) is 3. The molecule has 0 saturated heterocycles. The lowest BCUT2D eigenvalue weighted by atomic mass is 9.85. The summed E-state index contributed by atoms with van der Waals surface area (Å²) in [7, 11) is 1.32. The van der Waals surface area contributed by atoms with E-state index in [4.69, 9.17) is 9.26 Å². The summed E-state index contributed by atoms with van der Waals surface area (Å²) in [6.45, 7) is -0.137. The summed E-state index contributed by atoms with van der Waals surface area (Å²) < 4.78 is 23.9. The second-order valence-corrected chi connectivity index (χ2v) is 7.15. The average Bonchev–Trinajstić information content (AvgIpc) is 3.12. The molecule has 1 fully saturated rings. The zero-order valence-corrected chi connectivity index (χ0v) is 15.8. The molecule has 152 valence electrons. The summed E-state index contributed by atoms with van der Waals surface area (Å²) in [6, 6.07) is 3.62. The highest BCUT2D eigenvalue weighted by Gasteiger charge is 2.27. The number of halogens is 1. The molecule has 1 aromatic carbocycles. The number of aromatic carboxylic acids is 1. The summed E-state index contributed by atoms with van der Waals surface area (Å²) in [4.78, 5) is 11.9. The number of anilines is 1. The van der Waals surface area contributed by atoms with Gasteiger partial charge in [0.1, 0.15) is 0 Å². The molecule has 1 heterocycles. The number of aliphatic hydroxyl groups is 1. The van der Waals surface area contributed by atoms with E-state index >= 15 is 0 Å². The molecule has 1 aromatic heterocycles. The fourth-order valence-electron chi connectivity index (χ4n) is 3.78. The molecule has 7 nitrogen and oxygen atoms in total. The molecule has 8 heteroatoms. The predicted octanol–water partition coefficient (Wildman–Crippen LogP) is 3.93. The number of rotatable bonds is 8. The first-order chi connectivity index (χ1) is 13.5. The lowest BCUT2D eigenvalue weighted by Crippen LogP contribution is -2.28. The van der Waals surface area contributed by atoms with Crippen LogP contribution < -0.4 is 10.1 Å². The number of nitrogens with one attached hydrogen (secondary N) is 1. The van der Waals surface area contributed by atoms with Gasteiger partial charge in [-0.1, -0.05) is 37.3 Å². The number of carbonyl (C=O) groups is 1. The maximum Gasteiger partial charge on any atom is 0.343 e. The maximum atomic E-state index is 13.7. The summed E-state index contributed by atoms with van der Waals surface area (Å²) in [5.74, 6) is -1.25. The van der Waals surface area contributed by atoms with Crippen molar-refractivity contribution < 1.29 is 28.7 Å². The molecule has 28 heavy (non-hydrogen) atoms. The van der Waals surface area contributed by atoms with Crippen molar-refractivity contribution in [3.05, 3.63) is 29.6 Å². The van der Waals surface area contributed by atoms with Crippen molar-refractivity contribution in [1.82, 2.24) is 5.16 Å². The van der Waals surface area contributed by atoms with Gasteiger partial charge in [-0.05, 0) is 30.5 Å². The molecule has 0 spiro atoms. The first kappa shape index (κ1) is 20.1. The smallest absolute Gasteiger partial charge is 0.343 e. The van der Waals surface area contributed by atoms with Gasteiger partial charge in [0.25, 0.3) is 0 Å². The molecule has 1 atom stereocenters. The highest BCUT2D eigenvalue weighted by molar-refractivity contribution is 5.99. The van der Waals surface area contributed by atoms with Crippen molar-refractivity contribution in [3.8, 4) is 17.1 Å². The molecule has 2 aromatic rings. The molecule has 0 amide bonds. The number of benzene rings is 1. The van der Waals surface area contributed by atoms with E-state index in [9.17, 15) is 19.4 Å². The molecule has 0 radical (unpaired) electrons. The predicted molar refractivity (Wildman–Crippen MR) is 101 cm³/mol. The number of carboxylic acid groups (broad SMARTS) is 1. The summed E-state index contributed by atoms with van der Waals surface area (Å²) in [6.07, 6.45) is 6.58. The fourth-order valence-corrected chi connectivity index (χ4v) is 3.78. The highest BCUT2D eigenvalue weighted by Crippen LogP contribution is 2.34. The van der Waals surface area contributed by atoms with Crippen molar-refractivity contribution >= 4 is 11.8 Å². The number of carboxylic acids is 1. The van der Waals surface area contributed by atoms with Crippen molar-refractivity contribution in [2.45, 2.75) is 44.6 Å². The quantitative estimate of drug-likeness (QED) is 0.625. The minimum absolute atomic E-state index is 0.00246. The average molecular weight is 392 g/mol. The lowest BCUT2D eigenvalue weighted by Gasteiger charge is -2.26. The van der Waals surface area contributed by atoms with Crippen LogP contribution in [0.25, 0.3) is 11.3 Å². The Labute approximate surface area is 162 Å². The molecule has 3 rings (SSSR count). The summed E-state index contributed by atoms with van der Waals surface area (Å²) in [5.41, 5.74) is 0.180. The molecule has 3 N–H and O–H groups in total. The Morgan fingerprint density at radius 2 is 2.14 bits per heavy atom. The van der Waals surface area contributed by atoms with Gasteiger partial charge in [0, 0.05) is 5.56 Å². The Morgan fingerprint density at radius 1 is 1.39 bits per heavy atom. The van der Waals surface area contributed by atoms with Crippen LogP contribution in [0.5, 0.6) is 5.75 Å². The van der Waals surface area contributed by atoms with Gasteiger partial charge in [-0.2, -0.15) is 0 Å². The van der Waals surface area contributed by atoms with E-state index in [2.05, 4.69) is 10.5 Å². The van der Waals surface area contributed by atoms with Crippen LogP contribution in [0, 0.1) is 11.7 Å². The van der Waals surface area contributed by atoms with Crippen LogP contribution in [0.2, 0.25) is 0 Å². The largest absolute Gasteiger partial charge is 0.494 e. The number of methoxy groups -OCH3 is 1. The second kappa shape index (κ2) is 9.05. The Morgan fingerprint density at radius 3 is 2.79 bits per heavy atom. The summed E-state index contributed by atoms with van der Waals surface area (Å²) in [5, 5.41) is 26.3. The SMILES string of the molecule is COc1cc(-c2onc(N[C@H](CO)CC3CCCCC3)c2C(=O)O)ccc1F. The van der Waals surface area contributed by atoms with Crippen LogP contribution >= 0.6 is 0 Å². The molecular weight excluding hydrogens is 367 g/mol. The molecular formula is C20H25FN2O5. The number of ether oxygens (including phenoxy) is 1. The number of aliphatic hydroxyl groups excluding tert-OH is 1. The van der Waals surface area contributed by atoms with Gasteiger partial charge < -0.3 is 24.8 Å². The van der Waals surface area contributed by atoms with Crippen LogP contribution in [0.3, 0.4) is 0 Å². The van der Waals surface area contributed by atoms with E-state index in [0.29, 0.717) is 11.5 Å². The van der Waals surface area contributed by atoms with Gasteiger partial charge in [0.05, 0.1) is 19.8 Å². The number of nitrogens with zero attached hydrogens (tertiary/aromatic N) is 1. The number of aromatic nitrogens is 1. The normalized spacial score (nSPS) is 16.0. The third-order valence-corrected chi connectivity index (χ3v) is 5.22. The van der Waals surface area contributed by atoms with Crippen molar-refractivity contribution in [2.24, 2.45) is 5.92 Å². The van der Waals surface area contributed by atoms with E-state index in [1.807, 2.05) is 0 Å². The van der Waals surface area contributed by atoms with Crippen molar-refractivity contribution in [2.75, 3.05) is 19.0 Å². The van der Waals surface area contributed by atoms with Crippen molar-refractivity contribution in [3.63, 3.8) is 0 Å². The van der Waals surface area contributed by atoms with Crippen LogP contribution in [0.4, 0.5) is 10.2 Å². The van der Waals surface area contributed by atoms with E-state index < -0.39 is 11.8 Å². The van der Waals surface area contributed by atoms with Crippen LogP contribution in [-0.2, 0) is 0 Å². The molecule has 0 aliphatic heterocycles. The highest BCUT2D eigenvalue weighted by atomic mass is 19.1. The monoisotopic (exact) mass is 392 g/mol. The maximum absolute atomic E-state index is 13.7. The van der Waals surface area contributed by atoms with Gasteiger partial charge in [0.15, 0.2) is 28.7 Å². The zero-order chi connectivity index (χ0) is 20.1. The Bertz CT molecular complexity index is 817. The molecule has 0 unspecified atom stereocenters. The van der Waals surface area contributed by atoms with Gasteiger partial charge in [-0.15, -0.1) is 0 Å². The third-order valence-electron chi connectivity index (χ3n) is 5.22. The van der Waals surface area contributed by atoms with Gasteiger partial charge in [-0.25, -0.2) is 9.18 Å². The van der Waals surface area contributed by atoms with Gasteiger partial charge in [-0.3, -0.25) is 0 Å². The van der Waals surface area contributed by atoms with Crippen LogP contribution in [-0.4, -0.2) is 41.1 Å². The van der Waals surface area contributed by atoms with Gasteiger partial charge in [0.2, 0.25) is 0 Å². The van der Waals surface area contributed by atoms with E-state index in [1.165, 1.54) is 44.6 Å². The summed E-state index contributed by atoms with van der Waals surface area (Å²) >= 11 is 0. The van der Waals surface area contributed by atoms with E-state index in [-0.39, 0.29) is 35.5 Å². The second-order valence-electron chi connectivity index (χ2n) is 7.15. The van der Waals surface area contributed by atoms with E-state index in [0.717, 1.165) is 19.3 Å². The molecule has 1 saturated carbocycles. The van der Waals surface area contributed by atoms with Gasteiger partial charge >= 0.3 is 5.97 Å². The Hall–Kier alpha value is -2.61. The first-order valence-electron chi connectivity index (χ1n) is 9.47. The Balaban J connectivity index is 1.84. The first-order valence-corrected chi connectivity index (χ1v) is 9.47. The fraction of sp³-hybridized carbons (Fsp3) is 0.500. The molecule has 1 aliphatic carbocycles. The minimum atomic E-state index is -1.23. The molecule has 0 bridgehead atoms. The zero-order valence-electron chi connectivity index (χ0n) is 15.8. The minimum Gasteiger partial charge on any atom is -0.494 e. The van der Waals surface area contributed by atoms with Crippen molar-refractivity contribution in [1.29, 1.82) is 0 Å². The molecule has 1 aliphatic rings. The van der Waals surface area contributed by atoms with Crippen LogP contribution in [0.15, 0.2) is 22.7 Å². The third kappa shape index (κ3) is 4.44. The topological polar surface area (TPSA) is 105 Å². The lowest BCUT2D eigenvalue weighted by molar-refractivity contribution is 0.0698. The standard InChI is InChI=1S/C20H25FN2O5/c1-27-16-10-13(7-8-15(16)21)18-17(20(25)26)19(23-28-18)22-14(11-24)9-12-5-3-2-4-6-12/h7-8,10,12,14,24H,2-6,9,11H2,1H3,(H,22,23)(H,25,26)/t14-/m0/s1. The van der Waals surface area contributed by atoms with E-state index in [1.54, 1.807) is 0 Å². The number of hydrogen-bond acceptors (Lipinski definition) is 6. The Kier molecular flexibility index (Phi) is 6.51.